The highest BCUT2D eigenvalue weighted by atomic mass is 19.1. The van der Waals surface area contributed by atoms with Crippen molar-refractivity contribution < 1.29 is 28.2 Å². The molecular weight excluding hydrogens is 396 g/mol. The molecule has 2 amide bonds. The number of rotatable bonds is 8. The van der Waals surface area contributed by atoms with Gasteiger partial charge in [-0.05, 0) is 18.2 Å². The van der Waals surface area contributed by atoms with E-state index in [0.717, 1.165) is 6.07 Å². The van der Waals surface area contributed by atoms with Gasteiger partial charge in [-0.25, -0.2) is 8.78 Å². The zero-order valence-electron chi connectivity index (χ0n) is 16.3. The number of ether oxygens (including phenoxy) is 1. The monoisotopic (exact) mass is 417 g/mol. The summed E-state index contributed by atoms with van der Waals surface area (Å²) < 4.78 is 33.2. The third kappa shape index (κ3) is 4.57. The molecule has 0 atom stereocenters. The first kappa shape index (κ1) is 21.3. The Morgan fingerprint density at radius 1 is 1.30 bits per heavy atom. The molecule has 0 aliphatic carbocycles. The van der Waals surface area contributed by atoms with E-state index in [0.29, 0.717) is 22.6 Å². The number of benzene rings is 2. The molecule has 9 heteroatoms. The highest BCUT2D eigenvalue weighted by molar-refractivity contribution is 6.01. The largest absolute Gasteiger partial charge is 0.497 e. The lowest BCUT2D eigenvalue weighted by Gasteiger charge is -2.16. The Bertz CT molecular complexity index is 1010. The van der Waals surface area contributed by atoms with Crippen LogP contribution in [0.15, 0.2) is 42.6 Å². The molecule has 0 bridgehead atoms. The molecule has 158 valence electrons. The number of nitrogens with one attached hydrogen (secondary N) is 2. The Kier molecular flexibility index (Phi) is 6.31. The molecular formula is C21H21F2N3O4. The SMILES string of the molecule is C=C(CO)NC(=O)CN1Cc2c(NCc3ccc(OC)cc3F)cc(F)cc2C1=O. The molecule has 0 saturated heterocycles. The van der Waals surface area contributed by atoms with Gasteiger partial charge in [-0.1, -0.05) is 12.6 Å². The van der Waals surface area contributed by atoms with E-state index in [9.17, 15) is 18.4 Å². The minimum atomic E-state index is -0.625. The molecule has 0 radical (unpaired) electrons. The summed E-state index contributed by atoms with van der Waals surface area (Å²) in [7, 11) is 1.44. The minimum absolute atomic E-state index is 0.0662. The van der Waals surface area contributed by atoms with Crippen molar-refractivity contribution in [3.8, 4) is 5.75 Å². The summed E-state index contributed by atoms with van der Waals surface area (Å²) >= 11 is 0. The molecule has 2 aromatic rings. The van der Waals surface area contributed by atoms with Crippen molar-refractivity contribution in [3.05, 3.63) is 70.9 Å². The second-order valence-electron chi connectivity index (χ2n) is 6.76. The molecule has 3 rings (SSSR count). The van der Waals surface area contributed by atoms with Crippen molar-refractivity contribution >= 4 is 17.5 Å². The first-order chi connectivity index (χ1) is 14.3. The Labute approximate surface area is 171 Å². The van der Waals surface area contributed by atoms with Crippen molar-refractivity contribution in [3.63, 3.8) is 0 Å². The van der Waals surface area contributed by atoms with Gasteiger partial charge in [0.1, 0.15) is 23.9 Å². The lowest BCUT2D eigenvalue weighted by molar-refractivity contribution is -0.121. The van der Waals surface area contributed by atoms with Crippen LogP contribution in [0.25, 0.3) is 0 Å². The summed E-state index contributed by atoms with van der Waals surface area (Å²) in [6, 6.07) is 6.75. The number of amides is 2. The van der Waals surface area contributed by atoms with Gasteiger partial charge in [-0.3, -0.25) is 9.59 Å². The van der Waals surface area contributed by atoms with Crippen molar-refractivity contribution in [1.82, 2.24) is 10.2 Å². The summed E-state index contributed by atoms with van der Waals surface area (Å²) in [4.78, 5) is 25.8. The number of hydrogen-bond donors (Lipinski definition) is 3. The molecule has 1 aliphatic heterocycles. The van der Waals surface area contributed by atoms with Crippen LogP contribution in [0.2, 0.25) is 0 Å². The fraction of sp³-hybridized carbons (Fsp3) is 0.238. The number of hydrogen-bond acceptors (Lipinski definition) is 5. The standard InChI is InChI=1S/C21H21F2N3O4/c1-12(11-27)25-20(28)10-26-9-17-16(21(26)29)5-14(22)6-19(17)24-8-13-3-4-15(30-2)7-18(13)23/h3-7,24,27H,1,8-11H2,2H3,(H,25,28). The van der Waals surface area contributed by atoms with Gasteiger partial charge in [0.05, 0.1) is 13.7 Å². The second-order valence-corrected chi connectivity index (χ2v) is 6.76. The van der Waals surface area contributed by atoms with Crippen molar-refractivity contribution in [2.24, 2.45) is 0 Å². The quantitative estimate of drug-likeness (QED) is 0.613. The lowest BCUT2D eigenvalue weighted by atomic mass is 10.1. The van der Waals surface area contributed by atoms with Crippen LogP contribution in [0.5, 0.6) is 5.75 Å². The van der Waals surface area contributed by atoms with Crippen LogP contribution in [0, 0.1) is 11.6 Å². The predicted octanol–water partition coefficient (Wildman–Crippen LogP) is 2.16. The molecule has 30 heavy (non-hydrogen) atoms. The number of aliphatic hydroxyl groups excluding tert-OH is 1. The number of halogens is 2. The Morgan fingerprint density at radius 2 is 2.07 bits per heavy atom. The maximum Gasteiger partial charge on any atom is 0.255 e. The zero-order chi connectivity index (χ0) is 21.8. The van der Waals surface area contributed by atoms with E-state index in [1.807, 2.05) is 0 Å². The third-order valence-corrected chi connectivity index (χ3v) is 4.65. The van der Waals surface area contributed by atoms with Crippen LogP contribution in [0.3, 0.4) is 0 Å². The smallest absolute Gasteiger partial charge is 0.255 e. The molecule has 0 saturated carbocycles. The number of nitrogens with zero attached hydrogens (tertiary/aromatic N) is 1. The van der Waals surface area contributed by atoms with Crippen LogP contribution < -0.4 is 15.4 Å². The Hall–Kier alpha value is -3.46. The van der Waals surface area contributed by atoms with Gasteiger partial charge in [0, 0.05) is 47.2 Å². The van der Waals surface area contributed by atoms with E-state index in [1.165, 1.54) is 24.1 Å². The predicted molar refractivity (Wildman–Crippen MR) is 106 cm³/mol. The summed E-state index contributed by atoms with van der Waals surface area (Å²) in [6.07, 6.45) is 0. The van der Waals surface area contributed by atoms with E-state index >= 15 is 0 Å². The molecule has 0 spiro atoms. The van der Waals surface area contributed by atoms with Crippen molar-refractivity contribution in [2.75, 3.05) is 25.6 Å². The van der Waals surface area contributed by atoms with Crippen molar-refractivity contribution in [2.45, 2.75) is 13.1 Å². The minimum Gasteiger partial charge on any atom is -0.497 e. The molecule has 0 aromatic heterocycles. The van der Waals surface area contributed by atoms with Gasteiger partial charge in [0.15, 0.2) is 0 Å². The first-order valence-corrected chi connectivity index (χ1v) is 9.08. The maximum absolute atomic E-state index is 14.2. The maximum atomic E-state index is 14.2. The fourth-order valence-corrected chi connectivity index (χ4v) is 3.15. The topological polar surface area (TPSA) is 90.9 Å². The summed E-state index contributed by atoms with van der Waals surface area (Å²) in [5, 5.41) is 14.3. The van der Waals surface area contributed by atoms with Gasteiger partial charge >= 0.3 is 0 Å². The molecule has 1 heterocycles. The van der Waals surface area contributed by atoms with Gasteiger partial charge in [0.2, 0.25) is 5.91 Å². The van der Waals surface area contributed by atoms with Crippen LogP contribution in [-0.4, -0.2) is 42.1 Å². The summed E-state index contributed by atoms with van der Waals surface area (Å²) in [5.74, 6) is -1.74. The molecule has 0 unspecified atom stereocenters. The summed E-state index contributed by atoms with van der Waals surface area (Å²) in [5.41, 5.74) is 1.46. The van der Waals surface area contributed by atoms with E-state index in [4.69, 9.17) is 9.84 Å². The van der Waals surface area contributed by atoms with Crippen LogP contribution in [0.4, 0.5) is 14.5 Å². The fourth-order valence-electron chi connectivity index (χ4n) is 3.15. The summed E-state index contributed by atoms with van der Waals surface area (Å²) in [6.45, 7) is 2.92. The molecule has 7 nitrogen and oxygen atoms in total. The number of anilines is 1. The van der Waals surface area contributed by atoms with Crippen LogP contribution >= 0.6 is 0 Å². The highest BCUT2D eigenvalue weighted by Gasteiger charge is 2.31. The Morgan fingerprint density at radius 3 is 2.73 bits per heavy atom. The van der Waals surface area contributed by atoms with E-state index < -0.39 is 30.1 Å². The molecule has 0 fully saturated rings. The Balaban J connectivity index is 1.76. The normalized spacial score (nSPS) is 12.5. The van der Waals surface area contributed by atoms with Gasteiger partial charge < -0.3 is 25.4 Å². The third-order valence-electron chi connectivity index (χ3n) is 4.65. The molecule has 3 N–H and O–H groups in total. The van der Waals surface area contributed by atoms with Crippen LogP contribution in [-0.2, 0) is 17.9 Å². The van der Waals surface area contributed by atoms with Gasteiger partial charge in [-0.2, -0.15) is 0 Å². The van der Waals surface area contributed by atoms with Gasteiger partial charge in [0.25, 0.3) is 5.91 Å². The number of carbonyl (C=O) groups is 2. The van der Waals surface area contributed by atoms with E-state index in [-0.39, 0.29) is 30.9 Å². The first-order valence-electron chi connectivity index (χ1n) is 9.08. The van der Waals surface area contributed by atoms with E-state index in [1.54, 1.807) is 12.1 Å². The number of methoxy groups -OCH3 is 1. The number of fused-ring (bicyclic) bond motifs is 1. The number of carbonyl (C=O) groups excluding carboxylic acids is 2. The van der Waals surface area contributed by atoms with E-state index in [2.05, 4.69) is 17.2 Å². The van der Waals surface area contributed by atoms with Gasteiger partial charge in [-0.15, -0.1) is 0 Å². The zero-order valence-corrected chi connectivity index (χ0v) is 16.3. The molecule has 2 aromatic carbocycles. The average molecular weight is 417 g/mol. The van der Waals surface area contributed by atoms with Crippen molar-refractivity contribution in [1.29, 1.82) is 0 Å². The number of aliphatic hydroxyl groups is 1. The lowest BCUT2D eigenvalue weighted by Crippen LogP contribution is -2.37. The average Bonchev–Trinajstić information content (AvgIpc) is 3.02. The highest BCUT2D eigenvalue weighted by Crippen LogP contribution is 2.31. The van der Waals surface area contributed by atoms with Crippen LogP contribution in [0.1, 0.15) is 21.5 Å². The molecule has 1 aliphatic rings. The second kappa shape index (κ2) is 8.91.